The Morgan fingerprint density at radius 1 is 1.43 bits per heavy atom. The average molecular weight is 214 g/mol. The van der Waals surface area contributed by atoms with E-state index in [9.17, 15) is 13.2 Å². The van der Waals surface area contributed by atoms with Crippen molar-refractivity contribution in [2.45, 2.75) is 5.75 Å². The molecule has 0 aromatic heterocycles. The fourth-order valence-electron chi connectivity index (χ4n) is 1.10. The van der Waals surface area contributed by atoms with Crippen molar-refractivity contribution in [1.29, 1.82) is 0 Å². The van der Waals surface area contributed by atoms with Gasteiger partial charge in [-0.05, 0) is 17.7 Å². The fraction of sp³-hybridized carbons (Fsp3) is 0.222. The van der Waals surface area contributed by atoms with Crippen LogP contribution in [0.4, 0.5) is 0 Å². The van der Waals surface area contributed by atoms with Crippen molar-refractivity contribution in [2.75, 3.05) is 6.26 Å². The lowest BCUT2D eigenvalue weighted by molar-refractivity contribution is 0.0696. The Labute approximate surface area is 82.1 Å². The van der Waals surface area contributed by atoms with E-state index in [1.807, 2.05) is 0 Å². The second-order valence-corrected chi connectivity index (χ2v) is 5.22. The zero-order chi connectivity index (χ0) is 10.8. The van der Waals surface area contributed by atoms with Gasteiger partial charge < -0.3 is 5.11 Å². The number of rotatable bonds is 3. The van der Waals surface area contributed by atoms with Gasteiger partial charge in [0, 0.05) is 6.26 Å². The smallest absolute Gasteiger partial charge is 0.335 e. The molecule has 1 aromatic carbocycles. The molecule has 0 aliphatic rings. The van der Waals surface area contributed by atoms with Crippen LogP contribution in [-0.2, 0) is 15.6 Å². The van der Waals surface area contributed by atoms with Crippen LogP contribution in [0, 0.1) is 0 Å². The molecule has 1 N–H and O–H groups in total. The molecule has 14 heavy (non-hydrogen) atoms. The number of sulfone groups is 1. The van der Waals surface area contributed by atoms with Crippen molar-refractivity contribution in [3.8, 4) is 0 Å². The molecule has 0 aliphatic heterocycles. The summed E-state index contributed by atoms with van der Waals surface area (Å²) in [4.78, 5) is 10.6. The minimum absolute atomic E-state index is 0.103. The molecule has 0 atom stereocenters. The molecule has 76 valence electrons. The Kier molecular flexibility index (Phi) is 2.90. The van der Waals surface area contributed by atoms with Gasteiger partial charge in [-0.2, -0.15) is 0 Å². The first-order chi connectivity index (χ1) is 6.38. The molecule has 4 nitrogen and oxygen atoms in total. The number of aromatic carboxylic acids is 1. The maximum absolute atomic E-state index is 10.9. The summed E-state index contributed by atoms with van der Waals surface area (Å²) in [5.41, 5.74) is 0.596. The Bertz CT molecular complexity index is 448. The van der Waals surface area contributed by atoms with Crippen LogP contribution in [0.15, 0.2) is 24.3 Å². The highest BCUT2D eigenvalue weighted by Gasteiger charge is 2.07. The number of carbonyl (C=O) groups is 1. The summed E-state index contributed by atoms with van der Waals surface area (Å²) in [5, 5.41) is 8.66. The van der Waals surface area contributed by atoms with Crippen LogP contribution in [0.1, 0.15) is 15.9 Å². The predicted octanol–water partition coefficient (Wildman–Crippen LogP) is 0.929. The zero-order valence-electron chi connectivity index (χ0n) is 7.60. The van der Waals surface area contributed by atoms with Gasteiger partial charge in [0.1, 0.15) is 0 Å². The molecular weight excluding hydrogens is 204 g/mol. The van der Waals surface area contributed by atoms with E-state index < -0.39 is 15.8 Å². The van der Waals surface area contributed by atoms with E-state index >= 15 is 0 Å². The Morgan fingerprint density at radius 3 is 2.57 bits per heavy atom. The van der Waals surface area contributed by atoms with Crippen LogP contribution >= 0.6 is 0 Å². The molecule has 0 fully saturated rings. The average Bonchev–Trinajstić information content (AvgIpc) is 2.01. The maximum Gasteiger partial charge on any atom is 0.335 e. The van der Waals surface area contributed by atoms with Crippen LogP contribution < -0.4 is 0 Å². The van der Waals surface area contributed by atoms with Gasteiger partial charge in [-0.15, -0.1) is 0 Å². The molecule has 0 radical (unpaired) electrons. The molecule has 0 saturated carbocycles. The second-order valence-electron chi connectivity index (χ2n) is 3.08. The highest BCUT2D eigenvalue weighted by Crippen LogP contribution is 2.08. The van der Waals surface area contributed by atoms with Crippen molar-refractivity contribution in [3.05, 3.63) is 35.4 Å². The Morgan fingerprint density at radius 2 is 2.07 bits per heavy atom. The van der Waals surface area contributed by atoms with Crippen molar-refractivity contribution in [2.24, 2.45) is 0 Å². The lowest BCUT2D eigenvalue weighted by Crippen LogP contribution is -2.03. The van der Waals surface area contributed by atoms with Gasteiger partial charge >= 0.3 is 5.97 Å². The van der Waals surface area contributed by atoms with Crippen LogP contribution in [-0.4, -0.2) is 25.7 Å². The quantitative estimate of drug-likeness (QED) is 0.812. The van der Waals surface area contributed by atoms with E-state index in [0.29, 0.717) is 5.56 Å². The summed E-state index contributed by atoms with van der Waals surface area (Å²) in [7, 11) is -3.11. The first-order valence-corrected chi connectivity index (χ1v) is 5.94. The van der Waals surface area contributed by atoms with E-state index in [1.165, 1.54) is 18.2 Å². The molecule has 0 amide bonds. The first kappa shape index (κ1) is 10.7. The largest absolute Gasteiger partial charge is 0.478 e. The number of hydrogen-bond donors (Lipinski definition) is 1. The van der Waals surface area contributed by atoms with Gasteiger partial charge in [0.15, 0.2) is 9.84 Å². The van der Waals surface area contributed by atoms with Crippen LogP contribution in [0.3, 0.4) is 0 Å². The predicted molar refractivity (Wildman–Crippen MR) is 51.9 cm³/mol. The van der Waals surface area contributed by atoms with Crippen molar-refractivity contribution in [3.63, 3.8) is 0 Å². The third-order valence-electron chi connectivity index (χ3n) is 1.60. The summed E-state index contributed by atoms with van der Waals surface area (Å²) < 4.78 is 21.9. The highest BCUT2D eigenvalue weighted by molar-refractivity contribution is 7.89. The fourth-order valence-corrected chi connectivity index (χ4v) is 1.88. The van der Waals surface area contributed by atoms with Crippen LogP contribution in [0.2, 0.25) is 0 Å². The van der Waals surface area contributed by atoms with Crippen LogP contribution in [0.25, 0.3) is 0 Å². The summed E-state index contributed by atoms with van der Waals surface area (Å²) >= 11 is 0. The summed E-state index contributed by atoms with van der Waals surface area (Å²) in [5.74, 6) is -1.19. The summed E-state index contributed by atoms with van der Waals surface area (Å²) in [6, 6.07) is 5.91. The number of benzene rings is 1. The van der Waals surface area contributed by atoms with Crippen molar-refractivity contribution in [1.82, 2.24) is 0 Å². The van der Waals surface area contributed by atoms with Crippen LogP contribution in [0.5, 0.6) is 0 Å². The van der Waals surface area contributed by atoms with Gasteiger partial charge in [-0.3, -0.25) is 0 Å². The lowest BCUT2D eigenvalue weighted by Gasteiger charge is -2.00. The van der Waals surface area contributed by atoms with Gasteiger partial charge in [0.2, 0.25) is 0 Å². The van der Waals surface area contributed by atoms with Crippen molar-refractivity contribution >= 4 is 15.8 Å². The van der Waals surface area contributed by atoms with Gasteiger partial charge in [0.25, 0.3) is 0 Å². The topological polar surface area (TPSA) is 71.4 Å². The number of carboxylic acid groups (broad SMARTS) is 1. The Hall–Kier alpha value is -1.36. The van der Waals surface area contributed by atoms with Gasteiger partial charge in [0.05, 0.1) is 11.3 Å². The minimum Gasteiger partial charge on any atom is -0.478 e. The van der Waals surface area contributed by atoms with E-state index in [1.54, 1.807) is 6.07 Å². The SMILES string of the molecule is CS(=O)(=O)Cc1cccc(C(=O)O)c1. The van der Waals surface area contributed by atoms with E-state index in [-0.39, 0.29) is 11.3 Å². The zero-order valence-corrected chi connectivity index (χ0v) is 8.41. The molecule has 0 saturated heterocycles. The Balaban J connectivity index is 3.01. The third-order valence-corrected chi connectivity index (χ3v) is 2.46. The number of hydrogen-bond acceptors (Lipinski definition) is 3. The molecule has 0 spiro atoms. The monoisotopic (exact) mass is 214 g/mol. The summed E-state index contributed by atoms with van der Waals surface area (Å²) in [6.45, 7) is 0. The first-order valence-electron chi connectivity index (χ1n) is 3.88. The molecule has 1 aromatic rings. The maximum atomic E-state index is 10.9. The van der Waals surface area contributed by atoms with E-state index in [2.05, 4.69) is 0 Å². The van der Waals surface area contributed by atoms with E-state index in [0.717, 1.165) is 6.26 Å². The molecule has 0 heterocycles. The molecule has 0 unspecified atom stereocenters. The highest BCUT2D eigenvalue weighted by atomic mass is 32.2. The van der Waals surface area contributed by atoms with Gasteiger partial charge in [-0.25, -0.2) is 13.2 Å². The molecular formula is C9H10O4S. The molecule has 0 bridgehead atoms. The number of carboxylic acids is 1. The third kappa shape index (κ3) is 3.18. The van der Waals surface area contributed by atoms with Crippen molar-refractivity contribution < 1.29 is 18.3 Å². The van der Waals surface area contributed by atoms with E-state index in [4.69, 9.17) is 5.11 Å². The minimum atomic E-state index is -3.11. The lowest BCUT2D eigenvalue weighted by atomic mass is 10.1. The second kappa shape index (κ2) is 3.79. The van der Waals surface area contributed by atoms with Gasteiger partial charge in [-0.1, -0.05) is 12.1 Å². The summed E-state index contributed by atoms with van der Waals surface area (Å²) in [6.07, 6.45) is 1.11. The molecule has 1 rings (SSSR count). The normalized spacial score (nSPS) is 11.2. The molecule has 5 heteroatoms. The molecule has 0 aliphatic carbocycles. The standard InChI is InChI=1S/C9H10O4S/c1-14(12,13)6-7-3-2-4-8(5-7)9(10)11/h2-5H,6H2,1H3,(H,10,11).